The monoisotopic (exact) mass is 568 g/mol. The number of rotatable bonds is 34. The summed E-state index contributed by atoms with van der Waals surface area (Å²) in [5.41, 5.74) is 0. The number of ether oxygens (including phenoxy) is 10. The van der Waals surface area contributed by atoms with Crippen LogP contribution in [-0.4, -0.2) is 132 Å². The Hall–Kier alpha value is -0.890. The summed E-state index contributed by atoms with van der Waals surface area (Å²) in [5.74, 6) is -0.306. The molecule has 11 heteroatoms. The molecule has 0 aromatic heterocycles. The zero-order valence-electron chi connectivity index (χ0n) is 24.7. The highest BCUT2D eigenvalue weighted by Crippen LogP contribution is 2.04. The standard InChI is InChI=1S/C28H56O11/c1-3-4-5-6-7-8-9-30-10-11-31-12-13-32-14-15-33-16-17-34-18-19-35-20-21-36-22-23-37-24-25-38-26-27-39-28(2)29/h3-27H2,1-2H3. The maximum Gasteiger partial charge on any atom is 0.302 e. The normalized spacial score (nSPS) is 11.3. The molecule has 0 aromatic carbocycles. The summed E-state index contributed by atoms with van der Waals surface area (Å²) in [7, 11) is 0. The van der Waals surface area contributed by atoms with Crippen LogP contribution in [-0.2, 0) is 52.2 Å². The molecule has 0 atom stereocenters. The average Bonchev–Trinajstić information content (AvgIpc) is 2.93. The first kappa shape index (κ1) is 38.1. The summed E-state index contributed by atoms with van der Waals surface area (Å²) >= 11 is 0. The summed E-state index contributed by atoms with van der Waals surface area (Å²) in [6, 6.07) is 0. The molecule has 0 heterocycles. The van der Waals surface area contributed by atoms with E-state index in [-0.39, 0.29) is 12.6 Å². The van der Waals surface area contributed by atoms with E-state index in [9.17, 15) is 4.79 Å². The molecule has 0 saturated heterocycles. The second-order valence-electron chi connectivity index (χ2n) is 8.62. The van der Waals surface area contributed by atoms with E-state index in [1.54, 1.807) is 0 Å². The molecule has 234 valence electrons. The molecule has 0 bridgehead atoms. The van der Waals surface area contributed by atoms with Crippen molar-refractivity contribution >= 4 is 5.97 Å². The average molecular weight is 569 g/mol. The van der Waals surface area contributed by atoms with Crippen LogP contribution < -0.4 is 0 Å². The van der Waals surface area contributed by atoms with Crippen LogP contribution in [0, 0.1) is 0 Å². The van der Waals surface area contributed by atoms with E-state index in [2.05, 4.69) is 6.92 Å². The third kappa shape index (κ3) is 37.1. The fraction of sp³-hybridized carbons (Fsp3) is 0.964. The van der Waals surface area contributed by atoms with Gasteiger partial charge in [0.05, 0.1) is 112 Å². The van der Waals surface area contributed by atoms with Gasteiger partial charge in [-0.05, 0) is 6.42 Å². The highest BCUT2D eigenvalue weighted by atomic mass is 16.6. The van der Waals surface area contributed by atoms with Crippen LogP contribution in [0.25, 0.3) is 0 Å². The summed E-state index contributed by atoms with van der Waals surface area (Å²) < 4.78 is 53.7. The van der Waals surface area contributed by atoms with E-state index >= 15 is 0 Å². The molecule has 0 rings (SSSR count). The molecule has 0 aliphatic carbocycles. The second-order valence-corrected chi connectivity index (χ2v) is 8.62. The van der Waals surface area contributed by atoms with Gasteiger partial charge >= 0.3 is 5.97 Å². The van der Waals surface area contributed by atoms with E-state index in [4.69, 9.17) is 47.4 Å². The van der Waals surface area contributed by atoms with Gasteiger partial charge in [-0.3, -0.25) is 4.79 Å². The van der Waals surface area contributed by atoms with Crippen molar-refractivity contribution in [2.24, 2.45) is 0 Å². The zero-order chi connectivity index (χ0) is 28.3. The summed E-state index contributed by atoms with van der Waals surface area (Å²) in [5, 5.41) is 0. The van der Waals surface area contributed by atoms with Crippen molar-refractivity contribution in [2.75, 3.05) is 126 Å². The van der Waals surface area contributed by atoms with Crippen LogP contribution in [0.3, 0.4) is 0 Å². The molecule has 0 aromatic rings. The van der Waals surface area contributed by atoms with Crippen molar-refractivity contribution in [1.29, 1.82) is 0 Å². The zero-order valence-corrected chi connectivity index (χ0v) is 24.7. The smallest absolute Gasteiger partial charge is 0.302 e. The largest absolute Gasteiger partial charge is 0.463 e. The van der Waals surface area contributed by atoms with Crippen LogP contribution in [0.1, 0.15) is 52.4 Å². The van der Waals surface area contributed by atoms with Gasteiger partial charge in [0.1, 0.15) is 6.61 Å². The number of carbonyl (C=O) groups excluding carboxylic acids is 1. The van der Waals surface area contributed by atoms with Gasteiger partial charge in [-0.2, -0.15) is 0 Å². The first-order chi connectivity index (χ1) is 19.3. The van der Waals surface area contributed by atoms with Gasteiger partial charge in [-0.25, -0.2) is 0 Å². The predicted octanol–water partition coefficient (Wildman–Crippen LogP) is 3.06. The van der Waals surface area contributed by atoms with Gasteiger partial charge in [-0.15, -0.1) is 0 Å². The lowest BCUT2D eigenvalue weighted by Crippen LogP contribution is -2.15. The second kappa shape index (κ2) is 35.1. The molecule has 0 unspecified atom stereocenters. The van der Waals surface area contributed by atoms with E-state index in [0.29, 0.717) is 112 Å². The Morgan fingerprint density at radius 3 is 0.923 bits per heavy atom. The van der Waals surface area contributed by atoms with Crippen LogP contribution in [0.15, 0.2) is 0 Å². The highest BCUT2D eigenvalue weighted by Gasteiger charge is 1.97. The van der Waals surface area contributed by atoms with Gasteiger partial charge in [0, 0.05) is 13.5 Å². The van der Waals surface area contributed by atoms with Crippen molar-refractivity contribution in [3.05, 3.63) is 0 Å². The maximum atomic E-state index is 10.6. The van der Waals surface area contributed by atoms with Crippen LogP contribution >= 0.6 is 0 Å². The number of esters is 1. The molecular formula is C28H56O11. The Morgan fingerprint density at radius 1 is 0.359 bits per heavy atom. The Morgan fingerprint density at radius 2 is 0.615 bits per heavy atom. The Labute approximate surface area is 236 Å². The number of unbranched alkanes of at least 4 members (excludes halogenated alkanes) is 5. The minimum absolute atomic E-state index is 0.264. The SMILES string of the molecule is CCCCCCCCOCCOCCOCCOCCOCCOCCOCCOCCOCCOC(C)=O. The highest BCUT2D eigenvalue weighted by molar-refractivity contribution is 5.65. The summed E-state index contributed by atoms with van der Waals surface area (Å²) in [6.45, 7) is 13.5. The Balaban J connectivity index is 3.02. The summed E-state index contributed by atoms with van der Waals surface area (Å²) in [4.78, 5) is 10.6. The molecule has 0 N–H and O–H groups in total. The topological polar surface area (TPSA) is 109 Å². The van der Waals surface area contributed by atoms with Crippen LogP contribution in [0.2, 0.25) is 0 Å². The van der Waals surface area contributed by atoms with Gasteiger partial charge in [0.25, 0.3) is 0 Å². The van der Waals surface area contributed by atoms with Crippen LogP contribution in [0.5, 0.6) is 0 Å². The van der Waals surface area contributed by atoms with Crippen molar-refractivity contribution in [3.63, 3.8) is 0 Å². The lowest BCUT2D eigenvalue weighted by atomic mass is 10.1. The Bertz CT molecular complexity index is 469. The first-order valence-electron chi connectivity index (χ1n) is 14.6. The third-order valence-electron chi connectivity index (χ3n) is 5.15. The predicted molar refractivity (Wildman–Crippen MR) is 147 cm³/mol. The van der Waals surface area contributed by atoms with Gasteiger partial charge in [0.2, 0.25) is 0 Å². The van der Waals surface area contributed by atoms with Crippen molar-refractivity contribution < 1.29 is 52.2 Å². The summed E-state index contributed by atoms with van der Waals surface area (Å²) in [6.07, 6.45) is 7.68. The van der Waals surface area contributed by atoms with Crippen molar-refractivity contribution in [2.45, 2.75) is 52.4 Å². The minimum Gasteiger partial charge on any atom is -0.463 e. The molecule has 0 aliphatic heterocycles. The van der Waals surface area contributed by atoms with Gasteiger partial charge < -0.3 is 47.4 Å². The Kier molecular flexibility index (Phi) is 34.3. The minimum atomic E-state index is -0.306. The molecule has 0 aliphatic rings. The fourth-order valence-electron chi connectivity index (χ4n) is 3.09. The molecule has 39 heavy (non-hydrogen) atoms. The molecule has 0 radical (unpaired) electrons. The number of hydrogen-bond acceptors (Lipinski definition) is 11. The fourth-order valence-corrected chi connectivity index (χ4v) is 3.09. The van der Waals surface area contributed by atoms with Crippen molar-refractivity contribution in [1.82, 2.24) is 0 Å². The van der Waals surface area contributed by atoms with Gasteiger partial charge in [0.15, 0.2) is 0 Å². The molecule has 11 nitrogen and oxygen atoms in total. The van der Waals surface area contributed by atoms with E-state index < -0.39 is 0 Å². The third-order valence-corrected chi connectivity index (χ3v) is 5.15. The molecule has 0 amide bonds. The van der Waals surface area contributed by atoms with E-state index in [1.807, 2.05) is 0 Å². The lowest BCUT2D eigenvalue weighted by Gasteiger charge is -2.09. The molecule has 0 fully saturated rings. The van der Waals surface area contributed by atoms with Crippen molar-refractivity contribution in [3.8, 4) is 0 Å². The first-order valence-corrected chi connectivity index (χ1v) is 14.6. The number of hydrogen-bond donors (Lipinski definition) is 0. The van der Waals surface area contributed by atoms with Crippen LogP contribution in [0.4, 0.5) is 0 Å². The van der Waals surface area contributed by atoms with Gasteiger partial charge in [-0.1, -0.05) is 39.0 Å². The maximum absolute atomic E-state index is 10.6. The quantitative estimate of drug-likeness (QED) is 0.0844. The van der Waals surface area contributed by atoms with E-state index in [1.165, 1.54) is 39.0 Å². The molecule has 0 saturated carbocycles. The van der Waals surface area contributed by atoms with E-state index in [0.717, 1.165) is 13.0 Å². The molecular weight excluding hydrogens is 512 g/mol. The lowest BCUT2D eigenvalue weighted by molar-refractivity contribution is -0.142. The number of carbonyl (C=O) groups is 1. The molecule has 0 spiro atoms.